The maximum absolute atomic E-state index is 13.9. The monoisotopic (exact) mass is 626 g/mol. The molecule has 3 amide bonds. The van der Waals surface area contributed by atoms with Gasteiger partial charge in [0.25, 0.3) is 11.8 Å². The molecule has 0 fully saturated rings. The molecule has 222 valence electrons. The Morgan fingerprint density at radius 2 is 1.86 bits per heavy atom. The first kappa shape index (κ1) is 31.6. The number of aliphatic hydroxyl groups excluding tert-OH is 2. The first-order chi connectivity index (χ1) is 20.7. The molecule has 0 radical (unpaired) electrons. The fraction of sp³-hybridized carbons (Fsp3) is 0.250. The van der Waals surface area contributed by atoms with Gasteiger partial charge < -0.3 is 15.1 Å². The lowest BCUT2D eigenvalue weighted by Crippen LogP contribution is -2.56. The van der Waals surface area contributed by atoms with Gasteiger partial charge in [-0.3, -0.25) is 19.2 Å². The topological polar surface area (TPSA) is 194 Å². The molecule has 1 aliphatic rings. The van der Waals surface area contributed by atoms with Gasteiger partial charge in [0.2, 0.25) is 0 Å². The lowest BCUT2D eigenvalue weighted by molar-refractivity contribution is -0.138. The SMILES string of the molecule is [N-]=[N+]=NC[C@H](O)[C@H](CO)N1C(=O)c2ccccc2[C@H](C(=O)NOCc2cccc(C(=O)N=O)c2)[C@H]1c1ccc(Cl)cc1Cl. The van der Waals surface area contributed by atoms with Gasteiger partial charge in [-0.05, 0) is 52.6 Å². The van der Waals surface area contributed by atoms with Gasteiger partial charge in [-0.25, -0.2) is 5.48 Å². The van der Waals surface area contributed by atoms with Gasteiger partial charge in [0.05, 0.1) is 43.9 Å². The summed E-state index contributed by atoms with van der Waals surface area (Å²) < 4.78 is 0. The summed E-state index contributed by atoms with van der Waals surface area (Å²) in [5, 5.41) is 27.4. The summed E-state index contributed by atoms with van der Waals surface area (Å²) in [4.78, 5) is 59.4. The zero-order valence-corrected chi connectivity index (χ0v) is 23.7. The first-order valence-electron chi connectivity index (χ1n) is 12.8. The van der Waals surface area contributed by atoms with E-state index < -0.39 is 55.0 Å². The van der Waals surface area contributed by atoms with Gasteiger partial charge in [0.1, 0.15) is 0 Å². The molecule has 1 aliphatic heterocycles. The zero-order chi connectivity index (χ0) is 31.1. The van der Waals surface area contributed by atoms with E-state index in [1.807, 2.05) is 0 Å². The number of amides is 3. The highest BCUT2D eigenvalue weighted by molar-refractivity contribution is 6.35. The molecule has 4 rings (SSSR count). The number of nitrogens with zero attached hydrogens (tertiary/aromatic N) is 5. The number of nitroso groups, excluding NO2 is 1. The summed E-state index contributed by atoms with van der Waals surface area (Å²) in [6.07, 6.45) is -1.50. The lowest BCUT2D eigenvalue weighted by Gasteiger charge is -2.46. The van der Waals surface area contributed by atoms with Crippen molar-refractivity contribution in [3.63, 3.8) is 0 Å². The zero-order valence-electron chi connectivity index (χ0n) is 22.2. The number of rotatable bonds is 11. The second-order valence-electron chi connectivity index (χ2n) is 9.47. The Hall–Kier alpha value is -4.36. The summed E-state index contributed by atoms with van der Waals surface area (Å²) in [6.45, 7) is -1.40. The van der Waals surface area contributed by atoms with Crippen LogP contribution in [0.5, 0.6) is 0 Å². The van der Waals surface area contributed by atoms with E-state index in [-0.39, 0.29) is 28.3 Å². The number of azide groups is 1. The van der Waals surface area contributed by atoms with Crippen molar-refractivity contribution in [2.24, 2.45) is 10.3 Å². The van der Waals surface area contributed by atoms with Crippen molar-refractivity contribution in [2.75, 3.05) is 13.2 Å². The Kier molecular flexibility index (Phi) is 10.4. The van der Waals surface area contributed by atoms with E-state index in [1.165, 1.54) is 42.5 Å². The molecule has 0 bridgehead atoms. The number of hydrogen-bond acceptors (Lipinski definition) is 8. The van der Waals surface area contributed by atoms with Gasteiger partial charge in [0, 0.05) is 31.3 Å². The maximum Gasteiger partial charge on any atom is 0.316 e. The standard InChI is InChI=1S/C28H24Cl2N6O7/c29-17-8-9-20(21(30)11-17)25-24(27(40)34-43-14-15-4-3-5-16(10-15)26(39)33-42)18-6-1-2-7-19(18)28(41)36(25)22(13-37)23(38)12-32-35-31/h1-11,22-25,37-38H,12-14H2,(H,34,40)/t22-,23-,24-,25+/m0/s1. The summed E-state index contributed by atoms with van der Waals surface area (Å²) in [6, 6.07) is 14.2. The van der Waals surface area contributed by atoms with E-state index in [4.69, 9.17) is 33.6 Å². The van der Waals surface area contributed by atoms with Crippen molar-refractivity contribution in [1.82, 2.24) is 10.4 Å². The van der Waals surface area contributed by atoms with E-state index in [1.54, 1.807) is 24.3 Å². The highest BCUT2D eigenvalue weighted by atomic mass is 35.5. The number of halogens is 2. The van der Waals surface area contributed by atoms with E-state index in [0.29, 0.717) is 16.1 Å². The van der Waals surface area contributed by atoms with Gasteiger partial charge in [-0.15, -0.1) is 4.91 Å². The number of nitrogens with one attached hydrogen (secondary N) is 1. The number of hydroxylamine groups is 1. The van der Waals surface area contributed by atoms with Gasteiger partial charge in [-0.1, -0.05) is 64.7 Å². The molecule has 0 saturated heterocycles. The maximum atomic E-state index is 13.9. The summed E-state index contributed by atoms with van der Waals surface area (Å²) in [7, 11) is 0. The molecular weight excluding hydrogens is 603 g/mol. The molecule has 3 N–H and O–H groups in total. The van der Waals surface area contributed by atoms with Gasteiger partial charge in [-0.2, -0.15) is 0 Å². The van der Waals surface area contributed by atoms with Crippen molar-refractivity contribution in [3.05, 3.63) is 120 Å². The van der Waals surface area contributed by atoms with Crippen molar-refractivity contribution < 1.29 is 29.4 Å². The molecule has 13 nitrogen and oxygen atoms in total. The van der Waals surface area contributed by atoms with E-state index in [0.717, 1.165) is 4.90 Å². The van der Waals surface area contributed by atoms with Crippen LogP contribution in [0, 0.1) is 4.91 Å². The average Bonchev–Trinajstić information content (AvgIpc) is 3.01. The van der Waals surface area contributed by atoms with Crippen LogP contribution in [-0.4, -0.2) is 58.1 Å². The van der Waals surface area contributed by atoms with E-state index >= 15 is 0 Å². The summed E-state index contributed by atoms with van der Waals surface area (Å²) in [5.74, 6) is -3.46. The molecule has 4 atom stereocenters. The second kappa shape index (κ2) is 14.2. The van der Waals surface area contributed by atoms with Crippen molar-refractivity contribution in [1.29, 1.82) is 0 Å². The Bertz CT molecular complexity index is 1600. The molecule has 0 aliphatic carbocycles. The fourth-order valence-electron chi connectivity index (χ4n) is 5.01. The molecule has 43 heavy (non-hydrogen) atoms. The molecule has 1 heterocycles. The first-order valence-corrected chi connectivity index (χ1v) is 13.5. The van der Waals surface area contributed by atoms with Crippen LogP contribution in [0.15, 0.2) is 77.0 Å². The largest absolute Gasteiger partial charge is 0.394 e. The Balaban J connectivity index is 1.76. The summed E-state index contributed by atoms with van der Waals surface area (Å²) in [5.41, 5.74) is 12.4. The van der Waals surface area contributed by atoms with Crippen LogP contribution in [-0.2, 0) is 16.2 Å². The molecule has 3 aromatic carbocycles. The van der Waals surface area contributed by atoms with Crippen molar-refractivity contribution in [3.8, 4) is 0 Å². The third-order valence-electron chi connectivity index (χ3n) is 6.93. The Labute approximate surface area is 254 Å². The minimum atomic E-state index is -1.50. The fourth-order valence-corrected chi connectivity index (χ4v) is 5.53. The number of aliphatic hydroxyl groups is 2. The quantitative estimate of drug-likeness (QED) is 0.0918. The van der Waals surface area contributed by atoms with Crippen LogP contribution in [0.25, 0.3) is 10.4 Å². The van der Waals surface area contributed by atoms with Crippen molar-refractivity contribution >= 4 is 40.9 Å². The van der Waals surface area contributed by atoms with Crippen LogP contribution >= 0.6 is 23.2 Å². The predicted molar refractivity (Wildman–Crippen MR) is 155 cm³/mol. The smallest absolute Gasteiger partial charge is 0.316 e. The van der Waals surface area contributed by atoms with Crippen LogP contribution < -0.4 is 5.48 Å². The molecule has 0 aromatic heterocycles. The van der Waals surface area contributed by atoms with Gasteiger partial charge in [0.15, 0.2) is 0 Å². The molecular formula is C28H24Cl2N6O7. The van der Waals surface area contributed by atoms with Crippen LogP contribution in [0.3, 0.4) is 0 Å². The molecule has 3 aromatic rings. The normalized spacial score (nSPS) is 17.3. The molecule has 0 unspecified atom stereocenters. The van der Waals surface area contributed by atoms with Crippen LogP contribution in [0.4, 0.5) is 0 Å². The Morgan fingerprint density at radius 3 is 2.56 bits per heavy atom. The minimum absolute atomic E-state index is 0.0459. The molecule has 15 heteroatoms. The molecule has 0 spiro atoms. The number of hydrogen-bond donors (Lipinski definition) is 3. The third-order valence-corrected chi connectivity index (χ3v) is 7.49. The Morgan fingerprint density at radius 1 is 1.09 bits per heavy atom. The van der Waals surface area contributed by atoms with Crippen LogP contribution in [0.2, 0.25) is 10.0 Å². The lowest BCUT2D eigenvalue weighted by atomic mass is 9.78. The molecule has 0 saturated carbocycles. The van der Waals surface area contributed by atoms with Gasteiger partial charge >= 0.3 is 5.91 Å². The third kappa shape index (κ3) is 6.83. The summed E-state index contributed by atoms with van der Waals surface area (Å²) >= 11 is 12.7. The van der Waals surface area contributed by atoms with E-state index in [2.05, 4.69) is 20.7 Å². The second-order valence-corrected chi connectivity index (χ2v) is 10.3. The predicted octanol–water partition coefficient (Wildman–Crippen LogP) is 4.46. The van der Waals surface area contributed by atoms with Crippen LogP contribution in [0.1, 0.15) is 49.4 Å². The average molecular weight is 627 g/mol. The minimum Gasteiger partial charge on any atom is -0.394 e. The number of carbonyl (C=O) groups is 3. The highest BCUT2D eigenvalue weighted by Gasteiger charge is 2.48. The van der Waals surface area contributed by atoms with Crippen molar-refractivity contribution in [2.45, 2.75) is 30.7 Å². The van der Waals surface area contributed by atoms with E-state index in [9.17, 15) is 29.5 Å². The number of benzene rings is 3. The number of carbonyl (C=O) groups excluding carboxylic acids is 3. The highest BCUT2D eigenvalue weighted by Crippen LogP contribution is 2.46. The number of fused-ring (bicyclic) bond motifs is 1.